The molecule has 0 heterocycles. The van der Waals surface area contributed by atoms with Crippen molar-refractivity contribution < 1.29 is 8.42 Å². The van der Waals surface area contributed by atoms with Gasteiger partial charge < -0.3 is 0 Å². The molecule has 0 aliphatic rings. The Morgan fingerprint density at radius 3 is 2.00 bits per heavy atom. The Hall–Kier alpha value is -0.870. The van der Waals surface area contributed by atoms with Crippen molar-refractivity contribution in [3.05, 3.63) is 29.8 Å². The van der Waals surface area contributed by atoms with Crippen LogP contribution in [0.3, 0.4) is 0 Å². The summed E-state index contributed by atoms with van der Waals surface area (Å²) in [7, 11) is -3.41. The summed E-state index contributed by atoms with van der Waals surface area (Å²) in [5.41, 5.74) is 0.949. The van der Waals surface area contributed by atoms with Crippen molar-refractivity contribution in [2.75, 3.05) is 0 Å². The molecule has 0 saturated heterocycles. The largest absolute Gasteiger partial charge is 0.240 e. The van der Waals surface area contributed by atoms with E-state index in [1.807, 2.05) is 34.6 Å². The van der Waals surface area contributed by atoms with E-state index in [1.54, 1.807) is 24.3 Å². The molecule has 0 unspecified atom stereocenters. The fourth-order valence-electron chi connectivity index (χ4n) is 1.19. The van der Waals surface area contributed by atoms with E-state index in [9.17, 15) is 8.42 Å². The van der Waals surface area contributed by atoms with Crippen LogP contribution >= 0.6 is 0 Å². The number of hydrogen-bond acceptors (Lipinski definition) is 2. The molecule has 96 valence electrons. The van der Waals surface area contributed by atoms with E-state index in [0.717, 1.165) is 5.56 Å². The van der Waals surface area contributed by atoms with Crippen molar-refractivity contribution in [2.45, 2.75) is 45.6 Å². The first-order chi connectivity index (χ1) is 7.63. The number of hydrogen-bond donors (Lipinski definition) is 1. The highest BCUT2D eigenvalue weighted by molar-refractivity contribution is 7.89. The lowest BCUT2D eigenvalue weighted by Crippen LogP contribution is -2.41. The number of sulfonamides is 1. The van der Waals surface area contributed by atoms with E-state index in [-0.39, 0.29) is 11.5 Å². The number of aryl methyl sites for hydroxylation is 1. The third-order valence-corrected chi connectivity index (χ3v) is 4.52. The second kappa shape index (κ2) is 4.78. The molecule has 1 N–H and O–H groups in total. The minimum absolute atomic E-state index is 0.0994. The lowest BCUT2D eigenvalue weighted by Gasteiger charge is -2.27. The summed E-state index contributed by atoms with van der Waals surface area (Å²) in [5, 5.41) is 0. The van der Waals surface area contributed by atoms with Crippen LogP contribution in [0.1, 0.15) is 33.3 Å². The summed E-state index contributed by atoms with van der Waals surface area (Å²) in [6, 6.07) is 6.75. The van der Waals surface area contributed by atoms with Gasteiger partial charge in [0.2, 0.25) is 10.0 Å². The molecule has 1 aromatic carbocycles. The van der Waals surface area contributed by atoms with Gasteiger partial charge in [-0.3, -0.25) is 0 Å². The van der Waals surface area contributed by atoms with Gasteiger partial charge in [0.25, 0.3) is 0 Å². The number of rotatable bonds is 3. The average molecular weight is 255 g/mol. The minimum Gasteiger partial charge on any atom is -0.208 e. The summed E-state index contributed by atoms with van der Waals surface area (Å²) in [5.74, 6) is 0. The molecular weight excluding hydrogens is 234 g/mol. The van der Waals surface area contributed by atoms with Crippen molar-refractivity contribution >= 4 is 10.0 Å². The van der Waals surface area contributed by atoms with E-state index in [1.165, 1.54) is 0 Å². The zero-order chi connectivity index (χ0) is 13.3. The molecule has 17 heavy (non-hydrogen) atoms. The third kappa shape index (κ3) is 3.82. The summed E-state index contributed by atoms with van der Waals surface area (Å²) in [6.45, 7) is 9.84. The fraction of sp³-hybridized carbons (Fsp3) is 0.538. The molecule has 0 spiro atoms. The van der Waals surface area contributed by atoms with Crippen LogP contribution in [0.25, 0.3) is 0 Å². The molecule has 4 heteroatoms. The van der Waals surface area contributed by atoms with Crippen LogP contribution < -0.4 is 4.72 Å². The first-order valence-electron chi connectivity index (χ1n) is 5.72. The number of nitrogens with one attached hydrogen (secondary N) is 1. The van der Waals surface area contributed by atoms with Crippen molar-refractivity contribution in [3.63, 3.8) is 0 Å². The van der Waals surface area contributed by atoms with Crippen molar-refractivity contribution in [3.8, 4) is 0 Å². The second-order valence-electron chi connectivity index (χ2n) is 5.52. The smallest absolute Gasteiger partial charge is 0.208 e. The van der Waals surface area contributed by atoms with E-state index < -0.39 is 10.0 Å². The highest BCUT2D eigenvalue weighted by Gasteiger charge is 2.25. The molecule has 1 aromatic rings. The second-order valence-corrected chi connectivity index (χ2v) is 7.24. The molecule has 0 amide bonds. The van der Waals surface area contributed by atoms with Gasteiger partial charge in [0.1, 0.15) is 0 Å². The van der Waals surface area contributed by atoms with Gasteiger partial charge in [-0.15, -0.1) is 0 Å². The standard InChI is InChI=1S/C13H21NO2S/c1-10-6-8-12(9-7-10)17(15,16)14-11(2)13(3,4)5/h6-9,11,14H,1-5H3/t11-/m0/s1. The molecule has 1 atom stereocenters. The summed E-state index contributed by atoms with van der Waals surface area (Å²) < 4.78 is 26.9. The van der Waals surface area contributed by atoms with Crippen LogP contribution in [-0.2, 0) is 10.0 Å². The van der Waals surface area contributed by atoms with Gasteiger partial charge in [-0.25, -0.2) is 13.1 Å². The molecule has 3 nitrogen and oxygen atoms in total. The molecule has 0 aromatic heterocycles. The lowest BCUT2D eigenvalue weighted by atomic mass is 9.89. The highest BCUT2D eigenvalue weighted by atomic mass is 32.2. The fourth-order valence-corrected chi connectivity index (χ4v) is 2.64. The summed E-state index contributed by atoms with van der Waals surface area (Å²) in [4.78, 5) is 0.319. The van der Waals surface area contributed by atoms with Crippen LogP contribution in [0.15, 0.2) is 29.2 Å². The predicted molar refractivity (Wildman–Crippen MR) is 70.4 cm³/mol. The summed E-state index contributed by atoms with van der Waals surface area (Å²) >= 11 is 0. The Labute approximate surface area is 104 Å². The zero-order valence-electron chi connectivity index (χ0n) is 11.1. The molecule has 0 fully saturated rings. The van der Waals surface area contributed by atoms with Gasteiger partial charge in [-0.2, -0.15) is 0 Å². The topological polar surface area (TPSA) is 46.2 Å². The zero-order valence-corrected chi connectivity index (χ0v) is 11.9. The van der Waals surface area contributed by atoms with Gasteiger partial charge in [0.15, 0.2) is 0 Å². The Morgan fingerprint density at radius 2 is 1.59 bits per heavy atom. The predicted octanol–water partition coefficient (Wildman–Crippen LogP) is 2.71. The molecule has 1 rings (SSSR count). The van der Waals surface area contributed by atoms with Gasteiger partial charge in [0.05, 0.1) is 4.90 Å². The molecular formula is C13H21NO2S. The molecule has 0 saturated carbocycles. The van der Waals surface area contributed by atoms with Gasteiger partial charge in [-0.1, -0.05) is 38.5 Å². The van der Waals surface area contributed by atoms with Crippen molar-refractivity contribution in [2.24, 2.45) is 5.41 Å². The van der Waals surface area contributed by atoms with Crippen LogP contribution in [0.4, 0.5) is 0 Å². The van der Waals surface area contributed by atoms with Crippen LogP contribution in [0.5, 0.6) is 0 Å². The lowest BCUT2D eigenvalue weighted by molar-refractivity contribution is 0.317. The first-order valence-corrected chi connectivity index (χ1v) is 7.20. The Bertz CT molecular complexity index is 469. The minimum atomic E-state index is -3.41. The maximum absolute atomic E-state index is 12.1. The summed E-state index contributed by atoms with van der Waals surface area (Å²) in [6.07, 6.45) is 0. The molecule has 0 bridgehead atoms. The van der Waals surface area contributed by atoms with Crippen molar-refractivity contribution in [1.29, 1.82) is 0 Å². The van der Waals surface area contributed by atoms with E-state index in [0.29, 0.717) is 4.90 Å². The maximum Gasteiger partial charge on any atom is 0.240 e. The van der Waals surface area contributed by atoms with Crippen molar-refractivity contribution in [1.82, 2.24) is 4.72 Å². The quantitative estimate of drug-likeness (QED) is 0.902. The third-order valence-electron chi connectivity index (χ3n) is 2.96. The molecule has 0 aliphatic carbocycles. The van der Waals surface area contributed by atoms with Gasteiger partial charge in [0, 0.05) is 6.04 Å². The van der Waals surface area contributed by atoms with Gasteiger partial charge >= 0.3 is 0 Å². The normalized spacial score (nSPS) is 14.6. The molecule has 0 radical (unpaired) electrons. The van der Waals surface area contributed by atoms with Crippen LogP contribution in [-0.4, -0.2) is 14.5 Å². The average Bonchev–Trinajstić information content (AvgIpc) is 2.16. The number of benzene rings is 1. The van der Waals surface area contributed by atoms with E-state index >= 15 is 0 Å². The monoisotopic (exact) mass is 255 g/mol. The highest BCUT2D eigenvalue weighted by Crippen LogP contribution is 2.21. The Morgan fingerprint density at radius 1 is 1.12 bits per heavy atom. The molecule has 0 aliphatic heterocycles. The van der Waals surface area contributed by atoms with Crippen LogP contribution in [0.2, 0.25) is 0 Å². The Kier molecular flexibility index (Phi) is 3.99. The van der Waals surface area contributed by atoms with E-state index in [4.69, 9.17) is 0 Å². The van der Waals surface area contributed by atoms with Gasteiger partial charge in [-0.05, 0) is 31.4 Å². The Balaban J connectivity index is 2.94. The van der Waals surface area contributed by atoms with Crippen LogP contribution in [0, 0.1) is 12.3 Å². The SMILES string of the molecule is Cc1ccc(S(=O)(=O)N[C@@H](C)C(C)(C)C)cc1. The maximum atomic E-state index is 12.1. The van der Waals surface area contributed by atoms with E-state index in [2.05, 4.69) is 4.72 Å². The first kappa shape index (κ1) is 14.2.